The fourth-order valence-corrected chi connectivity index (χ4v) is 1.66. The molecule has 0 saturated carbocycles. The van der Waals surface area contributed by atoms with E-state index in [1.165, 1.54) is 6.20 Å². The molecule has 0 aliphatic rings. The number of alkyl halides is 3. The second kappa shape index (κ2) is 3.63. The van der Waals surface area contributed by atoms with Gasteiger partial charge in [-0.25, -0.2) is 4.98 Å². The molecule has 0 amide bonds. The van der Waals surface area contributed by atoms with Crippen molar-refractivity contribution >= 4 is 11.3 Å². The van der Waals surface area contributed by atoms with E-state index in [4.69, 9.17) is 5.73 Å². The van der Waals surface area contributed by atoms with Crippen molar-refractivity contribution in [1.29, 1.82) is 0 Å². The van der Waals surface area contributed by atoms with Gasteiger partial charge in [-0.15, -0.1) is 11.3 Å². The second-order valence-corrected chi connectivity index (χ2v) is 3.64. The molecule has 0 radical (unpaired) electrons. The van der Waals surface area contributed by atoms with Crippen molar-refractivity contribution in [2.24, 2.45) is 5.73 Å². The molecule has 0 spiro atoms. The van der Waals surface area contributed by atoms with Gasteiger partial charge >= 0.3 is 6.18 Å². The third-order valence-electron chi connectivity index (χ3n) is 1.57. The van der Waals surface area contributed by atoms with Crippen LogP contribution >= 0.6 is 11.3 Å². The van der Waals surface area contributed by atoms with Crippen LogP contribution in [-0.2, 0) is 6.18 Å². The van der Waals surface area contributed by atoms with Crippen LogP contribution in [0.3, 0.4) is 0 Å². The van der Waals surface area contributed by atoms with Gasteiger partial charge in [0, 0.05) is 17.1 Å². The molecule has 1 heterocycles. The summed E-state index contributed by atoms with van der Waals surface area (Å²) in [6, 6.07) is -0.339. The minimum Gasteiger partial charge on any atom is -0.323 e. The molecule has 1 aromatic heterocycles. The van der Waals surface area contributed by atoms with Gasteiger partial charge in [0.15, 0.2) is 5.01 Å². The first-order chi connectivity index (χ1) is 5.95. The molecule has 0 bridgehead atoms. The second-order valence-electron chi connectivity index (χ2n) is 2.58. The summed E-state index contributed by atoms with van der Waals surface area (Å²) in [5.74, 6) is 0. The van der Waals surface area contributed by atoms with E-state index in [0.717, 1.165) is 0 Å². The van der Waals surface area contributed by atoms with Crippen LogP contribution in [0.4, 0.5) is 13.2 Å². The SMILES string of the molecule is CCC(N)c1cnc(C(F)(F)F)s1. The Morgan fingerprint density at radius 1 is 1.62 bits per heavy atom. The number of nitrogens with zero attached hydrogens (tertiary/aromatic N) is 1. The summed E-state index contributed by atoms with van der Waals surface area (Å²) >= 11 is 0.611. The molecular formula is C7H9F3N2S. The fourth-order valence-electron chi connectivity index (χ4n) is 0.790. The number of thiazole rings is 1. The van der Waals surface area contributed by atoms with Crippen LogP contribution in [0.15, 0.2) is 6.20 Å². The van der Waals surface area contributed by atoms with Crippen LogP contribution in [0.5, 0.6) is 0 Å². The number of rotatable bonds is 2. The van der Waals surface area contributed by atoms with Crippen LogP contribution in [0.1, 0.15) is 29.3 Å². The third-order valence-corrected chi connectivity index (χ3v) is 2.75. The normalized spacial score (nSPS) is 14.5. The molecule has 1 atom stereocenters. The molecule has 0 aromatic carbocycles. The van der Waals surface area contributed by atoms with E-state index in [1.807, 2.05) is 6.92 Å². The number of aromatic nitrogens is 1. The Morgan fingerprint density at radius 2 is 2.23 bits per heavy atom. The van der Waals surface area contributed by atoms with Crippen molar-refractivity contribution in [2.75, 3.05) is 0 Å². The quantitative estimate of drug-likeness (QED) is 0.814. The first kappa shape index (κ1) is 10.5. The average molecular weight is 210 g/mol. The molecule has 2 N–H and O–H groups in total. The van der Waals surface area contributed by atoms with Gasteiger partial charge < -0.3 is 5.73 Å². The summed E-state index contributed by atoms with van der Waals surface area (Å²) in [5.41, 5.74) is 5.55. The lowest BCUT2D eigenvalue weighted by Gasteiger charge is -2.03. The summed E-state index contributed by atoms with van der Waals surface area (Å²) < 4.78 is 36.2. The number of halogens is 3. The molecule has 74 valence electrons. The maximum atomic E-state index is 12.1. The standard InChI is InChI=1S/C7H9F3N2S/c1-2-4(11)5-3-12-6(13-5)7(8,9)10/h3-4H,2,11H2,1H3. The number of hydrogen-bond acceptors (Lipinski definition) is 3. The van der Waals surface area contributed by atoms with Gasteiger partial charge in [-0.3, -0.25) is 0 Å². The zero-order valence-electron chi connectivity index (χ0n) is 6.93. The van der Waals surface area contributed by atoms with E-state index in [1.54, 1.807) is 0 Å². The Balaban J connectivity index is 2.87. The van der Waals surface area contributed by atoms with Gasteiger partial charge in [0.25, 0.3) is 0 Å². The predicted molar refractivity (Wildman–Crippen MR) is 44.3 cm³/mol. The summed E-state index contributed by atoms with van der Waals surface area (Å²) in [4.78, 5) is 3.75. The number of hydrogen-bond donors (Lipinski definition) is 1. The van der Waals surface area contributed by atoms with Crippen molar-refractivity contribution < 1.29 is 13.2 Å². The highest BCUT2D eigenvalue weighted by Crippen LogP contribution is 2.34. The Labute approximate surface area is 77.6 Å². The monoisotopic (exact) mass is 210 g/mol. The van der Waals surface area contributed by atoms with Crippen molar-refractivity contribution in [3.63, 3.8) is 0 Å². The topological polar surface area (TPSA) is 38.9 Å². The van der Waals surface area contributed by atoms with Crippen LogP contribution in [0.2, 0.25) is 0 Å². The van der Waals surface area contributed by atoms with Gasteiger partial charge in [0.2, 0.25) is 0 Å². The molecule has 2 nitrogen and oxygen atoms in total. The highest BCUT2D eigenvalue weighted by atomic mass is 32.1. The fraction of sp³-hybridized carbons (Fsp3) is 0.571. The highest BCUT2D eigenvalue weighted by molar-refractivity contribution is 7.11. The predicted octanol–water partition coefficient (Wildman–Crippen LogP) is 2.57. The summed E-state index contributed by atoms with van der Waals surface area (Å²) in [7, 11) is 0. The zero-order chi connectivity index (χ0) is 10.1. The van der Waals surface area contributed by atoms with Crippen LogP contribution in [0, 0.1) is 0 Å². The lowest BCUT2D eigenvalue weighted by atomic mass is 10.2. The molecule has 0 fully saturated rings. The Morgan fingerprint density at radius 3 is 2.62 bits per heavy atom. The number of nitrogens with two attached hydrogens (primary N) is 1. The first-order valence-corrected chi connectivity index (χ1v) is 4.55. The van der Waals surface area contributed by atoms with Crippen molar-refractivity contribution in [1.82, 2.24) is 4.98 Å². The molecule has 1 rings (SSSR count). The van der Waals surface area contributed by atoms with Crippen LogP contribution < -0.4 is 5.73 Å². The third kappa shape index (κ3) is 2.41. The van der Waals surface area contributed by atoms with Gasteiger partial charge in [-0.05, 0) is 6.42 Å². The van der Waals surface area contributed by atoms with Gasteiger partial charge in [0.1, 0.15) is 0 Å². The smallest absolute Gasteiger partial charge is 0.323 e. The Kier molecular flexibility index (Phi) is 2.92. The molecule has 0 aliphatic heterocycles. The minimum atomic E-state index is -4.35. The largest absolute Gasteiger partial charge is 0.443 e. The highest BCUT2D eigenvalue weighted by Gasteiger charge is 2.34. The van der Waals surface area contributed by atoms with Crippen LogP contribution in [0.25, 0.3) is 0 Å². The van der Waals surface area contributed by atoms with E-state index < -0.39 is 11.2 Å². The maximum Gasteiger partial charge on any atom is 0.443 e. The minimum absolute atomic E-state index is 0.339. The zero-order valence-corrected chi connectivity index (χ0v) is 7.75. The van der Waals surface area contributed by atoms with Crippen molar-refractivity contribution in [3.8, 4) is 0 Å². The van der Waals surface area contributed by atoms with Gasteiger partial charge in [-0.1, -0.05) is 6.92 Å². The summed E-state index contributed by atoms with van der Waals surface area (Å²) in [5, 5.41) is -0.827. The molecule has 0 saturated heterocycles. The van der Waals surface area contributed by atoms with E-state index in [2.05, 4.69) is 4.98 Å². The maximum absolute atomic E-state index is 12.1. The molecule has 1 aromatic rings. The van der Waals surface area contributed by atoms with Gasteiger partial charge in [0.05, 0.1) is 0 Å². The van der Waals surface area contributed by atoms with E-state index in [-0.39, 0.29) is 6.04 Å². The summed E-state index contributed by atoms with van der Waals surface area (Å²) in [6.07, 6.45) is -2.54. The summed E-state index contributed by atoms with van der Waals surface area (Å²) in [6.45, 7) is 1.82. The van der Waals surface area contributed by atoms with Crippen molar-refractivity contribution in [2.45, 2.75) is 25.6 Å². The van der Waals surface area contributed by atoms with Gasteiger partial charge in [-0.2, -0.15) is 13.2 Å². The molecular weight excluding hydrogens is 201 g/mol. The average Bonchev–Trinajstić information content (AvgIpc) is 2.50. The first-order valence-electron chi connectivity index (χ1n) is 3.73. The molecule has 0 aliphatic carbocycles. The van der Waals surface area contributed by atoms with E-state index >= 15 is 0 Å². The molecule has 1 unspecified atom stereocenters. The lowest BCUT2D eigenvalue weighted by molar-refractivity contribution is -0.137. The Bertz CT molecular complexity index is 282. The molecule has 6 heteroatoms. The lowest BCUT2D eigenvalue weighted by Crippen LogP contribution is -2.06. The van der Waals surface area contributed by atoms with Crippen molar-refractivity contribution in [3.05, 3.63) is 16.1 Å². The van der Waals surface area contributed by atoms with E-state index in [0.29, 0.717) is 22.6 Å². The Hall–Kier alpha value is -0.620. The van der Waals surface area contributed by atoms with E-state index in [9.17, 15) is 13.2 Å². The molecule has 13 heavy (non-hydrogen) atoms. The van der Waals surface area contributed by atoms with Crippen LogP contribution in [-0.4, -0.2) is 4.98 Å².